The molecule has 29 heavy (non-hydrogen) atoms. The Kier molecular flexibility index (Phi) is 17.2. The summed E-state index contributed by atoms with van der Waals surface area (Å²) in [5, 5.41) is 0. The number of ether oxygens (including phenoxy) is 4. The van der Waals surface area contributed by atoms with E-state index in [9.17, 15) is 9.59 Å². The Hall–Kier alpha value is -1.14. The number of carbonyl (C=O) groups excluding carboxylic acids is 2. The third-order valence-electron chi connectivity index (χ3n) is 3.97. The molecule has 0 unspecified atom stereocenters. The van der Waals surface area contributed by atoms with Gasteiger partial charge in [-0.1, -0.05) is 49.0 Å². The van der Waals surface area contributed by atoms with Crippen LogP contribution < -0.4 is 0 Å². The van der Waals surface area contributed by atoms with Crippen LogP contribution in [0, 0.1) is 10.8 Å². The van der Waals surface area contributed by atoms with E-state index < -0.39 is 0 Å². The molecule has 6 heteroatoms. The van der Waals surface area contributed by atoms with E-state index in [4.69, 9.17) is 18.9 Å². The zero-order valence-corrected chi connectivity index (χ0v) is 18.9. The summed E-state index contributed by atoms with van der Waals surface area (Å²) in [5.74, 6) is -0.346. The van der Waals surface area contributed by atoms with Gasteiger partial charge in [0.25, 0.3) is 0 Å². The highest BCUT2D eigenvalue weighted by Gasteiger charge is 2.12. The van der Waals surface area contributed by atoms with Gasteiger partial charge >= 0.3 is 11.9 Å². The third kappa shape index (κ3) is 24.8. The van der Waals surface area contributed by atoms with Crippen LogP contribution in [-0.2, 0) is 28.5 Å². The molecule has 0 amide bonds. The topological polar surface area (TPSA) is 71.1 Å². The van der Waals surface area contributed by atoms with Crippen molar-refractivity contribution in [3.8, 4) is 0 Å². The predicted octanol–water partition coefficient (Wildman–Crippen LogP) is 5.17. The monoisotopic (exact) mass is 418 g/mol. The first kappa shape index (κ1) is 30.1. The summed E-state index contributed by atoms with van der Waals surface area (Å²) in [6.45, 7) is 15.0. The van der Waals surface area contributed by atoms with Gasteiger partial charge in [0.15, 0.2) is 0 Å². The maximum Gasteiger partial charge on any atom is 0.305 e. The molecule has 0 saturated heterocycles. The molecule has 0 spiro atoms. The summed E-state index contributed by atoms with van der Waals surface area (Å²) < 4.78 is 20.9. The fraction of sp³-hybridized carbons (Fsp3) is 0.913. The second kappa shape index (κ2) is 16.6. The van der Waals surface area contributed by atoms with Crippen molar-refractivity contribution in [2.45, 2.75) is 87.5 Å². The summed E-state index contributed by atoms with van der Waals surface area (Å²) in [6.07, 6.45) is 4.60. The van der Waals surface area contributed by atoms with Gasteiger partial charge in [0.1, 0.15) is 13.2 Å². The van der Waals surface area contributed by atoms with Crippen molar-refractivity contribution in [1.82, 2.24) is 0 Å². The molecule has 6 nitrogen and oxygen atoms in total. The van der Waals surface area contributed by atoms with Crippen LogP contribution in [0.3, 0.4) is 0 Å². The highest BCUT2D eigenvalue weighted by molar-refractivity contribution is 5.69. The first-order valence-corrected chi connectivity index (χ1v) is 10.5. The maximum absolute atomic E-state index is 11.6. The summed E-state index contributed by atoms with van der Waals surface area (Å²) in [6, 6.07) is 0. The van der Waals surface area contributed by atoms with Crippen molar-refractivity contribution < 1.29 is 28.5 Å². The largest absolute Gasteiger partial charge is 0.463 e. The van der Waals surface area contributed by atoms with Crippen molar-refractivity contribution in [1.29, 1.82) is 0 Å². The number of hydrogen-bond donors (Lipinski definition) is 0. The molecule has 0 aromatic carbocycles. The van der Waals surface area contributed by atoms with Crippen molar-refractivity contribution >= 4 is 11.9 Å². The third-order valence-corrected chi connectivity index (χ3v) is 3.97. The first-order chi connectivity index (χ1) is 13.0. The number of carbonyl (C=O) groups is 2. The van der Waals surface area contributed by atoms with Crippen LogP contribution in [-0.4, -0.2) is 51.6 Å². The molecule has 0 aliphatic rings. The molecular weight excluding hydrogens is 372 g/mol. The van der Waals surface area contributed by atoms with Crippen LogP contribution in [0.5, 0.6) is 0 Å². The lowest BCUT2D eigenvalue weighted by Gasteiger charge is -2.17. The molecule has 0 aliphatic heterocycles. The van der Waals surface area contributed by atoms with Crippen LogP contribution >= 0.6 is 0 Å². The first-order valence-electron chi connectivity index (χ1n) is 10.5. The van der Waals surface area contributed by atoms with Crippen LogP contribution in [0.2, 0.25) is 0 Å². The molecule has 0 atom stereocenters. The molecule has 0 fully saturated rings. The molecule has 0 aromatic heterocycles. The fourth-order valence-corrected chi connectivity index (χ4v) is 2.42. The van der Waals surface area contributed by atoms with Crippen LogP contribution in [0.1, 0.15) is 87.5 Å². The Morgan fingerprint density at radius 1 is 0.586 bits per heavy atom. The Bertz CT molecular complexity index is 380. The lowest BCUT2D eigenvalue weighted by atomic mass is 9.90. The summed E-state index contributed by atoms with van der Waals surface area (Å²) in [4.78, 5) is 23.1. The van der Waals surface area contributed by atoms with Crippen LogP contribution in [0.4, 0.5) is 0 Å². The highest BCUT2D eigenvalue weighted by Crippen LogP contribution is 2.22. The van der Waals surface area contributed by atoms with Gasteiger partial charge in [0.2, 0.25) is 0 Å². The Labute approximate surface area is 179 Å². The SMILES string of the molecule is C.CC(C)(C)CCCC(=O)OCCOCCOCCOC(=O)CCCC(C)(C)C. The minimum Gasteiger partial charge on any atom is -0.463 e. The zero-order valence-electron chi connectivity index (χ0n) is 18.9. The van der Waals surface area contributed by atoms with E-state index in [1.807, 2.05) is 0 Å². The molecule has 0 N–H and O–H groups in total. The number of rotatable bonds is 15. The number of hydrogen-bond acceptors (Lipinski definition) is 6. The molecular formula is C23H46O6. The summed E-state index contributed by atoms with van der Waals surface area (Å²) >= 11 is 0. The molecule has 0 radical (unpaired) electrons. The predicted molar refractivity (Wildman–Crippen MR) is 117 cm³/mol. The molecule has 0 heterocycles. The van der Waals surface area contributed by atoms with Gasteiger partial charge in [-0.05, 0) is 36.5 Å². The normalized spacial score (nSPS) is 11.7. The van der Waals surface area contributed by atoms with E-state index in [0.717, 1.165) is 25.7 Å². The van der Waals surface area contributed by atoms with Gasteiger partial charge in [0.05, 0.1) is 26.4 Å². The van der Waals surface area contributed by atoms with Crippen molar-refractivity contribution in [2.75, 3.05) is 39.6 Å². The zero-order chi connectivity index (χ0) is 21.5. The average Bonchev–Trinajstić information content (AvgIpc) is 2.54. The van der Waals surface area contributed by atoms with E-state index in [1.165, 1.54) is 0 Å². The lowest BCUT2D eigenvalue weighted by Crippen LogP contribution is -2.15. The minimum atomic E-state index is -0.173. The van der Waals surface area contributed by atoms with E-state index in [-0.39, 0.29) is 43.4 Å². The smallest absolute Gasteiger partial charge is 0.305 e. The Morgan fingerprint density at radius 2 is 0.897 bits per heavy atom. The fourth-order valence-electron chi connectivity index (χ4n) is 2.42. The molecule has 0 rings (SSSR count). The molecule has 0 saturated carbocycles. The summed E-state index contributed by atoms with van der Waals surface area (Å²) in [5.41, 5.74) is 0.488. The van der Waals surface area contributed by atoms with Crippen molar-refractivity contribution in [3.05, 3.63) is 0 Å². The van der Waals surface area contributed by atoms with Gasteiger partial charge in [-0.25, -0.2) is 0 Å². The van der Waals surface area contributed by atoms with Gasteiger partial charge in [-0.2, -0.15) is 0 Å². The second-order valence-electron chi connectivity index (χ2n) is 9.49. The van der Waals surface area contributed by atoms with E-state index >= 15 is 0 Å². The van der Waals surface area contributed by atoms with E-state index in [0.29, 0.717) is 39.3 Å². The van der Waals surface area contributed by atoms with Crippen LogP contribution in [0.15, 0.2) is 0 Å². The van der Waals surface area contributed by atoms with Crippen LogP contribution in [0.25, 0.3) is 0 Å². The van der Waals surface area contributed by atoms with Crippen molar-refractivity contribution in [2.24, 2.45) is 10.8 Å². The molecule has 174 valence electrons. The summed E-state index contributed by atoms with van der Waals surface area (Å²) in [7, 11) is 0. The Morgan fingerprint density at radius 3 is 1.21 bits per heavy atom. The molecule has 0 aliphatic carbocycles. The second-order valence-corrected chi connectivity index (χ2v) is 9.49. The number of esters is 2. The van der Waals surface area contributed by atoms with E-state index in [1.54, 1.807) is 0 Å². The van der Waals surface area contributed by atoms with Gasteiger partial charge in [-0.15, -0.1) is 0 Å². The van der Waals surface area contributed by atoms with Gasteiger partial charge in [0, 0.05) is 12.8 Å². The molecule has 0 bridgehead atoms. The Balaban J connectivity index is 0. The average molecular weight is 419 g/mol. The minimum absolute atomic E-state index is 0. The van der Waals surface area contributed by atoms with Crippen molar-refractivity contribution in [3.63, 3.8) is 0 Å². The van der Waals surface area contributed by atoms with Gasteiger partial charge in [-0.3, -0.25) is 9.59 Å². The van der Waals surface area contributed by atoms with Gasteiger partial charge < -0.3 is 18.9 Å². The molecule has 0 aromatic rings. The lowest BCUT2D eigenvalue weighted by molar-refractivity contribution is -0.147. The highest BCUT2D eigenvalue weighted by atomic mass is 16.6. The maximum atomic E-state index is 11.6. The van der Waals surface area contributed by atoms with E-state index in [2.05, 4.69) is 41.5 Å². The quantitative estimate of drug-likeness (QED) is 0.270. The standard InChI is InChI=1S/C22H42O6.CH4/c1-21(2,3)11-7-9-19(23)27-17-15-25-13-14-26-16-18-28-20(24)10-8-12-22(4,5)6;/h7-18H2,1-6H3;1H4.